The van der Waals surface area contributed by atoms with Gasteiger partial charge in [-0.3, -0.25) is 4.31 Å². The van der Waals surface area contributed by atoms with Crippen LogP contribution in [-0.2, 0) is 15.4 Å². The summed E-state index contributed by atoms with van der Waals surface area (Å²) in [6, 6.07) is 15.7. The van der Waals surface area contributed by atoms with Crippen molar-refractivity contribution in [3.63, 3.8) is 0 Å². The van der Waals surface area contributed by atoms with Crippen molar-refractivity contribution in [3.8, 4) is 0 Å². The fourth-order valence-electron chi connectivity index (χ4n) is 4.75. The molecule has 0 aromatic heterocycles. The van der Waals surface area contributed by atoms with E-state index in [0.29, 0.717) is 17.4 Å². The van der Waals surface area contributed by atoms with E-state index in [0.717, 1.165) is 18.5 Å². The molecule has 4 heteroatoms. The van der Waals surface area contributed by atoms with Crippen molar-refractivity contribution in [2.45, 2.75) is 54.8 Å². The van der Waals surface area contributed by atoms with E-state index in [-0.39, 0.29) is 5.41 Å². The first kappa shape index (κ1) is 15.4. The standard InChI is InChI=1S/C21H23NO2S/c23-25(24,18-7-5-6-17(14-18)16-10-11-16)22-15-21(12-3-4-13-21)19-8-1-2-9-20(19)22/h1-2,5-9,14,16H,3-4,10-13,15H2. The third-order valence-corrected chi connectivity index (χ3v) is 8.00. The first-order chi connectivity index (χ1) is 12.1. The van der Waals surface area contributed by atoms with Gasteiger partial charge >= 0.3 is 0 Å². The molecule has 1 heterocycles. The van der Waals surface area contributed by atoms with Gasteiger partial charge in [0, 0.05) is 12.0 Å². The van der Waals surface area contributed by atoms with Gasteiger partial charge in [-0.05, 0) is 60.9 Å². The Morgan fingerprint density at radius 1 is 0.960 bits per heavy atom. The van der Waals surface area contributed by atoms with Crippen molar-refractivity contribution >= 4 is 15.7 Å². The summed E-state index contributed by atoms with van der Waals surface area (Å²) in [4.78, 5) is 0.446. The summed E-state index contributed by atoms with van der Waals surface area (Å²) in [6.45, 7) is 0.600. The molecular formula is C21H23NO2S. The molecule has 25 heavy (non-hydrogen) atoms. The summed E-state index contributed by atoms with van der Waals surface area (Å²) in [7, 11) is -3.51. The Balaban J connectivity index is 1.59. The van der Waals surface area contributed by atoms with Gasteiger partial charge in [0.05, 0.1) is 10.6 Å². The predicted molar refractivity (Wildman–Crippen MR) is 99.5 cm³/mol. The molecule has 3 nitrogen and oxygen atoms in total. The molecule has 0 atom stereocenters. The molecule has 130 valence electrons. The second kappa shape index (κ2) is 5.34. The van der Waals surface area contributed by atoms with Gasteiger partial charge in [0.15, 0.2) is 0 Å². The number of anilines is 1. The third-order valence-electron chi connectivity index (χ3n) is 6.25. The van der Waals surface area contributed by atoms with Crippen LogP contribution in [0, 0.1) is 0 Å². The fraction of sp³-hybridized carbons (Fsp3) is 0.429. The van der Waals surface area contributed by atoms with Crippen molar-refractivity contribution in [2.24, 2.45) is 0 Å². The smallest absolute Gasteiger partial charge is 0.264 e. The molecule has 2 aliphatic carbocycles. The van der Waals surface area contributed by atoms with Crippen LogP contribution in [-0.4, -0.2) is 15.0 Å². The molecule has 0 saturated heterocycles. The second-order valence-corrected chi connectivity index (χ2v) is 9.73. The van der Waals surface area contributed by atoms with E-state index in [2.05, 4.69) is 12.1 Å². The Hall–Kier alpha value is -1.81. The lowest BCUT2D eigenvalue weighted by Gasteiger charge is -2.25. The highest BCUT2D eigenvalue weighted by molar-refractivity contribution is 7.92. The maximum absolute atomic E-state index is 13.5. The molecule has 0 N–H and O–H groups in total. The van der Waals surface area contributed by atoms with Crippen molar-refractivity contribution in [2.75, 3.05) is 10.8 Å². The van der Waals surface area contributed by atoms with Crippen LogP contribution in [0.15, 0.2) is 53.4 Å². The Morgan fingerprint density at radius 2 is 1.72 bits per heavy atom. The maximum Gasteiger partial charge on any atom is 0.264 e. The Morgan fingerprint density at radius 3 is 2.48 bits per heavy atom. The first-order valence-electron chi connectivity index (χ1n) is 9.32. The molecule has 1 spiro atoms. The topological polar surface area (TPSA) is 37.4 Å². The summed E-state index contributed by atoms with van der Waals surface area (Å²) in [6.07, 6.45) is 6.94. The minimum Gasteiger partial charge on any atom is -0.265 e. The maximum atomic E-state index is 13.5. The zero-order valence-electron chi connectivity index (χ0n) is 14.3. The van der Waals surface area contributed by atoms with E-state index in [9.17, 15) is 8.42 Å². The molecule has 2 aromatic carbocycles. The molecule has 1 aliphatic heterocycles. The molecule has 0 unspecified atom stereocenters. The fourth-order valence-corrected chi connectivity index (χ4v) is 6.38. The molecule has 0 radical (unpaired) electrons. The van der Waals surface area contributed by atoms with Gasteiger partial charge in [0.2, 0.25) is 0 Å². The Labute approximate surface area is 149 Å². The van der Waals surface area contributed by atoms with Crippen LogP contribution in [0.2, 0.25) is 0 Å². The molecule has 0 amide bonds. The molecule has 2 aromatic rings. The van der Waals surface area contributed by atoms with Gasteiger partial charge in [-0.15, -0.1) is 0 Å². The minimum atomic E-state index is -3.51. The summed E-state index contributed by atoms with van der Waals surface area (Å²) in [5.41, 5.74) is 3.32. The van der Waals surface area contributed by atoms with E-state index < -0.39 is 10.0 Å². The number of fused-ring (bicyclic) bond motifs is 2. The van der Waals surface area contributed by atoms with Crippen LogP contribution in [0.5, 0.6) is 0 Å². The monoisotopic (exact) mass is 353 g/mol. The van der Waals surface area contributed by atoms with E-state index >= 15 is 0 Å². The van der Waals surface area contributed by atoms with Crippen LogP contribution < -0.4 is 4.31 Å². The zero-order valence-corrected chi connectivity index (χ0v) is 15.1. The van der Waals surface area contributed by atoms with E-state index in [4.69, 9.17) is 0 Å². The minimum absolute atomic E-state index is 0.0256. The van der Waals surface area contributed by atoms with E-state index in [1.54, 1.807) is 10.4 Å². The number of nitrogens with zero attached hydrogens (tertiary/aromatic N) is 1. The van der Waals surface area contributed by atoms with Crippen LogP contribution in [0.25, 0.3) is 0 Å². The number of hydrogen-bond donors (Lipinski definition) is 0. The van der Waals surface area contributed by atoms with Crippen molar-refractivity contribution in [3.05, 3.63) is 59.7 Å². The summed E-state index contributed by atoms with van der Waals surface area (Å²) in [5.74, 6) is 0.558. The van der Waals surface area contributed by atoms with Crippen molar-refractivity contribution in [1.82, 2.24) is 0 Å². The average molecular weight is 353 g/mol. The number of rotatable bonds is 3. The highest BCUT2D eigenvalue weighted by atomic mass is 32.2. The van der Waals surface area contributed by atoms with Gasteiger partial charge < -0.3 is 0 Å². The van der Waals surface area contributed by atoms with Crippen LogP contribution in [0.4, 0.5) is 5.69 Å². The molecular weight excluding hydrogens is 330 g/mol. The number of hydrogen-bond acceptors (Lipinski definition) is 2. The summed E-state index contributed by atoms with van der Waals surface area (Å²) < 4.78 is 28.6. The summed E-state index contributed by atoms with van der Waals surface area (Å²) in [5, 5.41) is 0. The lowest BCUT2D eigenvalue weighted by molar-refractivity contribution is 0.477. The number of benzene rings is 2. The summed E-state index contributed by atoms with van der Waals surface area (Å²) >= 11 is 0. The van der Waals surface area contributed by atoms with Crippen LogP contribution in [0.3, 0.4) is 0 Å². The van der Waals surface area contributed by atoms with Gasteiger partial charge in [-0.25, -0.2) is 8.42 Å². The quantitative estimate of drug-likeness (QED) is 0.810. The lowest BCUT2D eigenvalue weighted by atomic mass is 9.81. The first-order valence-corrected chi connectivity index (χ1v) is 10.8. The van der Waals surface area contributed by atoms with Gasteiger partial charge in [-0.2, -0.15) is 0 Å². The third kappa shape index (κ3) is 2.34. The van der Waals surface area contributed by atoms with E-state index in [1.807, 2.05) is 30.3 Å². The number of para-hydroxylation sites is 1. The molecule has 0 bridgehead atoms. The normalized spacial score (nSPS) is 21.7. The highest BCUT2D eigenvalue weighted by Crippen LogP contribution is 2.51. The zero-order chi connectivity index (χ0) is 17.1. The molecule has 5 rings (SSSR count). The van der Waals surface area contributed by atoms with Crippen LogP contribution in [0.1, 0.15) is 55.6 Å². The lowest BCUT2D eigenvalue weighted by Crippen LogP contribution is -2.35. The van der Waals surface area contributed by atoms with Gasteiger partial charge in [0.25, 0.3) is 10.0 Å². The predicted octanol–water partition coefficient (Wildman–Crippen LogP) is 4.58. The Kier molecular flexibility index (Phi) is 3.30. The van der Waals surface area contributed by atoms with Crippen LogP contribution >= 0.6 is 0 Å². The number of sulfonamides is 1. The second-order valence-electron chi connectivity index (χ2n) is 7.86. The van der Waals surface area contributed by atoms with E-state index in [1.165, 1.54) is 36.8 Å². The van der Waals surface area contributed by atoms with Crippen molar-refractivity contribution < 1.29 is 8.42 Å². The largest absolute Gasteiger partial charge is 0.265 e. The van der Waals surface area contributed by atoms with Gasteiger partial charge in [0.1, 0.15) is 0 Å². The SMILES string of the molecule is O=S(=O)(c1cccc(C2CC2)c1)N1CC2(CCCC2)c2ccccc21. The van der Waals surface area contributed by atoms with Crippen molar-refractivity contribution in [1.29, 1.82) is 0 Å². The Bertz CT molecular complexity index is 924. The average Bonchev–Trinajstić information content (AvgIpc) is 3.30. The van der Waals surface area contributed by atoms with Gasteiger partial charge in [-0.1, -0.05) is 43.2 Å². The molecule has 2 fully saturated rings. The molecule has 2 saturated carbocycles. The highest BCUT2D eigenvalue weighted by Gasteiger charge is 2.48. The molecule has 3 aliphatic rings.